The van der Waals surface area contributed by atoms with Crippen LogP contribution in [0.2, 0.25) is 0 Å². The van der Waals surface area contributed by atoms with Crippen LogP contribution in [-0.2, 0) is 12.8 Å². The van der Waals surface area contributed by atoms with Gasteiger partial charge in [0, 0.05) is 5.52 Å². The van der Waals surface area contributed by atoms with Crippen LogP contribution < -0.4 is 4.74 Å². The molecule has 0 bridgehead atoms. The van der Waals surface area contributed by atoms with E-state index in [0.717, 1.165) is 28.7 Å². The van der Waals surface area contributed by atoms with Crippen LogP contribution in [0.5, 0.6) is 5.75 Å². The highest BCUT2D eigenvalue weighted by molar-refractivity contribution is 5.80. The molecule has 0 unspecified atom stereocenters. The quantitative estimate of drug-likeness (QED) is 0.739. The second kappa shape index (κ2) is 5.16. The van der Waals surface area contributed by atoms with E-state index in [1.807, 2.05) is 30.3 Å². The van der Waals surface area contributed by atoms with Gasteiger partial charge in [0.15, 0.2) is 0 Å². The molecule has 21 heavy (non-hydrogen) atoms. The topological polar surface area (TPSA) is 25.0 Å². The number of hydrogen-bond donors (Lipinski definition) is 1. The molecule has 0 radical (unpaired) electrons. The molecule has 0 atom stereocenters. The van der Waals surface area contributed by atoms with Gasteiger partial charge >= 0.3 is 6.18 Å². The third kappa shape index (κ3) is 3.02. The minimum absolute atomic E-state index is 0.278. The van der Waals surface area contributed by atoms with E-state index in [4.69, 9.17) is 4.74 Å². The maximum atomic E-state index is 12.4. The van der Waals surface area contributed by atoms with Gasteiger partial charge in [-0.1, -0.05) is 18.2 Å². The Morgan fingerprint density at radius 3 is 2.33 bits per heavy atom. The molecule has 0 aliphatic carbocycles. The molecule has 0 aliphatic heterocycles. The van der Waals surface area contributed by atoms with E-state index in [1.54, 1.807) is 0 Å². The number of nitrogens with one attached hydrogen (secondary N) is 1. The van der Waals surface area contributed by atoms with Crippen LogP contribution >= 0.6 is 0 Å². The van der Waals surface area contributed by atoms with Gasteiger partial charge in [-0.05, 0) is 41.8 Å². The van der Waals surface area contributed by atoms with Gasteiger partial charge in [0.2, 0.25) is 0 Å². The van der Waals surface area contributed by atoms with Crippen molar-refractivity contribution in [3.05, 3.63) is 65.9 Å². The highest BCUT2D eigenvalue weighted by Crippen LogP contribution is 2.30. The van der Waals surface area contributed by atoms with Crippen LogP contribution in [0.3, 0.4) is 0 Å². The van der Waals surface area contributed by atoms with E-state index in [1.165, 1.54) is 12.1 Å². The number of rotatable bonds is 3. The van der Waals surface area contributed by atoms with Gasteiger partial charge in [-0.25, -0.2) is 0 Å². The number of H-pyrrole nitrogens is 1. The summed E-state index contributed by atoms with van der Waals surface area (Å²) < 4.78 is 42.8. The van der Waals surface area contributed by atoms with E-state index in [9.17, 15) is 13.2 Å². The van der Waals surface area contributed by atoms with Gasteiger partial charge in [0.25, 0.3) is 0 Å². The number of benzene rings is 2. The van der Waals surface area contributed by atoms with Gasteiger partial charge in [-0.3, -0.25) is 0 Å². The standard InChI is InChI=1S/C16H12F3NO/c17-16(18,19)12-5-7-14(8-6-12)21-10-13-9-11-3-1-2-4-15(11)20-13/h1-9,20H,10H2. The van der Waals surface area contributed by atoms with Crippen LogP contribution in [0.4, 0.5) is 13.2 Å². The fourth-order valence-electron chi connectivity index (χ4n) is 2.11. The molecule has 3 aromatic rings. The zero-order valence-electron chi connectivity index (χ0n) is 10.9. The van der Waals surface area contributed by atoms with Gasteiger partial charge in [0.1, 0.15) is 12.4 Å². The van der Waals surface area contributed by atoms with Crippen LogP contribution in [0.25, 0.3) is 10.9 Å². The SMILES string of the molecule is FC(F)(F)c1ccc(OCc2cc3ccccc3[nH]2)cc1. The molecule has 0 aliphatic rings. The number of aromatic amines is 1. The summed E-state index contributed by atoms with van der Waals surface area (Å²) in [5, 5.41) is 1.07. The first-order valence-electron chi connectivity index (χ1n) is 6.39. The fraction of sp³-hybridized carbons (Fsp3) is 0.125. The maximum absolute atomic E-state index is 12.4. The summed E-state index contributed by atoms with van der Waals surface area (Å²) >= 11 is 0. The smallest absolute Gasteiger partial charge is 0.416 e. The summed E-state index contributed by atoms with van der Waals surface area (Å²) in [6, 6.07) is 14.4. The lowest BCUT2D eigenvalue weighted by atomic mass is 10.2. The molecular weight excluding hydrogens is 279 g/mol. The third-order valence-electron chi connectivity index (χ3n) is 3.16. The average Bonchev–Trinajstić information content (AvgIpc) is 2.87. The van der Waals surface area contributed by atoms with E-state index in [0.29, 0.717) is 5.75 Å². The van der Waals surface area contributed by atoms with Crippen LogP contribution in [0.1, 0.15) is 11.3 Å². The number of halogens is 3. The van der Waals surface area contributed by atoms with Gasteiger partial charge < -0.3 is 9.72 Å². The Morgan fingerprint density at radius 2 is 1.67 bits per heavy atom. The average molecular weight is 291 g/mol. The predicted molar refractivity (Wildman–Crippen MR) is 74.1 cm³/mol. The molecule has 0 fully saturated rings. The third-order valence-corrected chi connectivity index (χ3v) is 3.16. The lowest BCUT2D eigenvalue weighted by molar-refractivity contribution is -0.137. The van der Waals surface area contributed by atoms with Crippen molar-refractivity contribution in [1.29, 1.82) is 0 Å². The number of fused-ring (bicyclic) bond motifs is 1. The number of aromatic nitrogens is 1. The molecule has 0 saturated carbocycles. The molecule has 5 heteroatoms. The minimum Gasteiger partial charge on any atom is -0.487 e. The Labute approximate surface area is 119 Å². The molecule has 1 N–H and O–H groups in total. The van der Waals surface area contributed by atoms with Crippen molar-refractivity contribution in [3.8, 4) is 5.75 Å². The molecule has 0 amide bonds. The summed E-state index contributed by atoms with van der Waals surface area (Å²) in [6.07, 6.45) is -4.32. The van der Waals surface area contributed by atoms with Crippen molar-refractivity contribution in [2.75, 3.05) is 0 Å². The lowest BCUT2D eigenvalue weighted by Gasteiger charge is -2.08. The van der Waals surface area contributed by atoms with Gasteiger partial charge in [0.05, 0.1) is 11.3 Å². The van der Waals surface area contributed by atoms with E-state index < -0.39 is 11.7 Å². The molecule has 2 aromatic carbocycles. The van der Waals surface area contributed by atoms with Crippen molar-refractivity contribution in [3.63, 3.8) is 0 Å². The number of para-hydroxylation sites is 1. The monoisotopic (exact) mass is 291 g/mol. The van der Waals surface area contributed by atoms with Gasteiger partial charge in [-0.2, -0.15) is 13.2 Å². The fourth-order valence-corrected chi connectivity index (χ4v) is 2.11. The summed E-state index contributed by atoms with van der Waals surface area (Å²) in [5.41, 5.74) is 1.19. The first kappa shape index (κ1) is 13.5. The zero-order valence-corrected chi connectivity index (χ0v) is 10.9. The van der Waals surface area contributed by atoms with Crippen LogP contribution in [0, 0.1) is 0 Å². The largest absolute Gasteiger partial charge is 0.487 e. The Bertz CT molecular complexity index is 711. The van der Waals surface area contributed by atoms with E-state index in [2.05, 4.69) is 4.98 Å². The van der Waals surface area contributed by atoms with Crippen molar-refractivity contribution in [1.82, 2.24) is 4.98 Å². The number of alkyl halides is 3. The Balaban J connectivity index is 1.69. The van der Waals surface area contributed by atoms with Crippen LogP contribution in [-0.4, -0.2) is 4.98 Å². The first-order chi connectivity index (χ1) is 10.0. The van der Waals surface area contributed by atoms with Gasteiger partial charge in [-0.15, -0.1) is 0 Å². The molecule has 2 nitrogen and oxygen atoms in total. The Kier molecular flexibility index (Phi) is 3.33. The number of hydrogen-bond acceptors (Lipinski definition) is 1. The second-order valence-electron chi connectivity index (χ2n) is 4.69. The first-order valence-corrected chi connectivity index (χ1v) is 6.39. The molecule has 0 spiro atoms. The number of ether oxygens (including phenoxy) is 1. The predicted octanol–water partition coefficient (Wildman–Crippen LogP) is 4.77. The summed E-state index contributed by atoms with van der Waals surface area (Å²) in [6.45, 7) is 0.278. The molecule has 1 aromatic heterocycles. The van der Waals surface area contributed by atoms with E-state index in [-0.39, 0.29) is 6.61 Å². The molecule has 3 rings (SSSR count). The second-order valence-corrected chi connectivity index (χ2v) is 4.69. The minimum atomic E-state index is -4.32. The van der Waals surface area contributed by atoms with Crippen molar-refractivity contribution < 1.29 is 17.9 Å². The van der Waals surface area contributed by atoms with Crippen molar-refractivity contribution in [2.24, 2.45) is 0 Å². The highest BCUT2D eigenvalue weighted by Gasteiger charge is 2.29. The zero-order chi connectivity index (χ0) is 14.9. The lowest BCUT2D eigenvalue weighted by Crippen LogP contribution is -2.04. The Hall–Kier alpha value is -2.43. The van der Waals surface area contributed by atoms with E-state index >= 15 is 0 Å². The molecule has 108 valence electrons. The van der Waals surface area contributed by atoms with Crippen molar-refractivity contribution in [2.45, 2.75) is 12.8 Å². The summed E-state index contributed by atoms with van der Waals surface area (Å²) in [4.78, 5) is 3.20. The summed E-state index contributed by atoms with van der Waals surface area (Å²) in [5.74, 6) is 0.404. The Morgan fingerprint density at radius 1 is 0.952 bits per heavy atom. The van der Waals surface area contributed by atoms with Crippen LogP contribution in [0.15, 0.2) is 54.6 Å². The molecule has 0 saturated heterocycles. The van der Waals surface area contributed by atoms with Crippen molar-refractivity contribution >= 4 is 10.9 Å². The normalized spacial score (nSPS) is 11.8. The molecule has 1 heterocycles. The summed E-state index contributed by atoms with van der Waals surface area (Å²) in [7, 11) is 0. The highest BCUT2D eigenvalue weighted by atomic mass is 19.4. The maximum Gasteiger partial charge on any atom is 0.416 e. The molecular formula is C16H12F3NO.